The Morgan fingerprint density at radius 1 is 1.22 bits per heavy atom. The van der Waals surface area contributed by atoms with Crippen molar-refractivity contribution in [3.63, 3.8) is 0 Å². The number of ether oxygens (including phenoxy) is 2. The standard InChI is InChI=1S/C29H40F2N2O4/c1-7-10-29(6)16-25(23-15-22(36-28(3,4)5)8-9-27(23)37-29)32-17-26(35)24(33-18(2)34)13-19-11-20(30)14-21(31)12-19/h8-9,11-12,14-15,24-26,32,35H,7,10,13,16-17H2,1-6H3,(H,33,34)/t24-,25-,26+,29+/m0/s1. The molecule has 0 fully saturated rings. The molecule has 0 unspecified atom stereocenters. The first-order valence-electron chi connectivity index (χ1n) is 12.9. The lowest BCUT2D eigenvalue weighted by molar-refractivity contribution is -0.120. The summed E-state index contributed by atoms with van der Waals surface area (Å²) in [7, 11) is 0. The largest absolute Gasteiger partial charge is 0.488 e. The summed E-state index contributed by atoms with van der Waals surface area (Å²) in [4.78, 5) is 11.8. The Labute approximate surface area is 218 Å². The second-order valence-electron chi connectivity index (χ2n) is 11.2. The fraction of sp³-hybridized carbons (Fsp3) is 0.552. The molecule has 1 heterocycles. The second kappa shape index (κ2) is 11.8. The highest BCUT2D eigenvalue weighted by Gasteiger charge is 2.37. The van der Waals surface area contributed by atoms with Crippen LogP contribution in [0.15, 0.2) is 36.4 Å². The molecule has 37 heavy (non-hydrogen) atoms. The predicted octanol–water partition coefficient (Wildman–Crippen LogP) is 5.22. The van der Waals surface area contributed by atoms with Crippen LogP contribution < -0.4 is 20.1 Å². The molecule has 8 heteroatoms. The van der Waals surface area contributed by atoms with E-state index in [1.165, 1.54) is 19.1 Å². The van der Waals surface area contributed by atoms with Crippen molar-refractivity contribution in [1.82, 2.24) is 10.6 Å². The summed E-state index contributed by atoms with van der Waals surface area (Å²) in [6.07, 6.45) is 1.58. The van der Waals surface area contributed by atoms with Crippen LogP contribution in [0.2, 0.25) is 0 Å². The van der Waals surface area contributed by atoms with E-state index in [9.17, 15) is 18.7 Å². The minimum absolute atomic E-state index is 0.0819. The number of hydrogen-bond acceptors (Lipinski definition) is 5. The first-order valence-corrected chi connectivity index (χ1v) is 12.9. The van der Waals surface area contributed by atoms with E-state index < -0.39 is 23.8 Å². The molecule has 204 valence electrons. The van der Waals surface area contributed by atoms with E-state index >= 15 is 0 Å². The zero-order valence-corrected chi connectivity index (χ0v) is 22.7. The van der Waals surface area contributed by atoms with Crippen LogP contribution in [0.5, 0.6) is 11.5 Å². The van der Waals surface area contributed by atoms with E-state index in [2.05, 4.69) is 24.5 Å². The predicted molar refractivity (Wildman–Crippen MR) is 140 cm³/mol. The van der Waals surface area contributed by atoms with E-state index in [4.69, 9.17) is 9.47 Å². The van der Waals surface area contributed by atoms with Crippen molar-refractivity contribution >= 4 is 5.91 Å². The molecular weight excluding hydrogens is 478 g/mol. The molecule has 2 aromatic rings. The molecule has 0 aliphatic carbocycles. The minimum Gasteiger partial charge on any atom is -0.488 e. The number of aliphatic hydroxyl groups is 1. The van der Waals surface area contributed by atoms with Crippen LogP contribution in [0, 0.1) is 11.6 Å². The van der Waals surface area contributed by atoms with Crippen molar-refractivity contribution in [2.24, 2.45) is 0 Å². The summed E-state index contributed by atoms with van der Waals surface area (Å²) in [5.74, 6) is -0.246. The molecule has 4 atom stereocenters. The number of nitrogens with one attached hydrogen (secondary N) is 2. The summed E-state index contributed by atoms with van der Waals surface area (Å²) in [5, 5.41) is 17.2. The number of benzene rings is 2. The van der Waals surface area contributed by atoms with Crippen LogP contribution in [-0.2, 0) is 11.2 Å². The minimum atomic E-state index is -1.01. The Morgan fingerprint density at radius 3 is 2.49 bits per heavy atom. The molecule has 1 amide bonds. The molecule has 0 saturated carbocycles. The van der Waals surface area contributed by atoms with Gasteiger partial charge in [0.2, 0.25) is 5.91 Å². The van der Waals surface area contributed by atoms with Gasteiger partial charge in [0, 0.05) is 37.6 Å². The smallest absolute Gasteiger partial charge is 0.217 e. The van der Waals surface area contributed by atoms with Gasteiger partial charge in [0.25, 0.3) is 0 Å². The molecule has 0 spiro atoms. The third-order valence-electron chi connectivity index (χ3n) is 6.36. The lowest BCUT2D eigenvalue weighted by Gasteiger charge is -2.41. The maximum absolute atomic E-state index is 13.7. The molecular formula is C29H40F2N2O4. The van der Waals surface area contributed by atoms with Gasteiger partial charge in [-0.15, -0.1) is 0 Å². The Balaban J connectivity index is 1.81. The molecule has 0 bridgehead atoms. The summed E-state index contributed by atoms with van der Waals surface area (Å²) < 4.78 is 39.9. The Bertz CT molecular complexity index is 1070. The monoisotopic (exact) mass is 518 g/mol. The van der Waals surface area contributed by atoms with Crippen LogP contribution in [0.1, 0.15) is 78.0 Å². The van der Waals surface area contributed by atoms with E-state index in [1.807, 2.05) is 39.0 Å². The number of carbonyl (C=O) groups is 1. The first kappa shape index (κ1) is 28.9. The number of hydrogen-bond donors (Lipinski definition) is 3. The van der Waals surface area contributed by atoms with Gasteiger partial charge in [-0.3, -0.25) is 4.79 Å². The first-order chi connectivity index (χ1) is 17.3. The molecule has 1 aliphatic heterocycles. The maximum atomic E-state index is 13.7. The van der Waals surface area contributed by atoms with Crippen molar-refractivity contribution in [3.05, 3.63) is 59.2 Å². The quantitative estimate of drug-likeness (QED) is 0.402. The van der Waals surface area contributed by atoms with Gasteiger partial charge in [-0.1, -0.05) is 13.3 Å². The second-order valence-corrected chi connectivity index (χ2v) is 11.2. The lowest BCUT2D eigenvalue weighted by atomic mass is 9.85. The van der Waals surface area contributed by atoms with Crippen molar-refractivity contribution in [1.29, 1.82) is 0 Å². The molecule has 0 aromatic heterocycles. The van der Waals surface area contributed by atoms with Crippen LogP contribution in [0.3, 0.4) is 0 Å². The molecule has 6 nitrogen and oxygen atoms in total. The van der Waals surface area contributed by atoms with Gasteiger partial charge in [-0.05, 0) is 76.4 Å². The van der Waals surface area contributed by atoms with E-state index in [-0.39, 0.29) is 36.1 Å². The summed E-state index contributed by atoms with van der Waals surface area (Å²) in [6, 6.07) is 8.14. The van der Waals surface area contributed by atoms with E-state index in [0.717, 1.165) is 36.0 Å². The number of fused-ring (bicyclic) bond motifs is 1. The number of rotatable bonds is 10. The van der Waals surface area contributed by atoms with Gasteiger partial charge in [-0.2, -0.15) is 0 Å². The number of halogens is 2. The van der Waals surface area contributed by atoms with Gasteiger partial charge < -0.3 is 25.2 Å². The Hall–Kier alpha value is -2.71. The van der Waals surface area contributed by atoms with Crippen LogP contribution in [0.4, 0.5) is 8.78 Å². The van der Waals surface area contributed by atoms with Crippen LogP contribution in [-0.4, -0.2) is 40.9 Å². The summed E-state index contributed by atoms with van der Waals surface area (Å²) in [5.41, 5.74) is 0.547. The average Bonchev–Trinajstić information content (AvgIpc) is 2.75. The SMILES string of the molecule is CCC[C@]1(C)C[C@H](NC[C@@H](O)[C@H](Cc2cc(F)cc(F)c2)NC(C)=O)c2cc(OC(C)(C)C)ccc2O1. The lowest BCUT2D eigenvalue weighted by Crippen LogP contribution is -2.50. The zero-order chi connectivity index (χ0) is 27.4. The fourth-order valence-electron chi connectivity index (χ4n) is 4.95. The van der Waals surface area contributed by atoms with Crippen molar-refractivity contribution in [2.45, 2.75) is 96.6 Å². The molecule has 3 rings (SSSR count). The van der Waals surface area contributed by atoms with Crippen LogP contribution in [0.25, 0.3) is 0 Å². The van der Waals surface area contributed by atoms with Crippen molar-refractivity contribution in [3.8, 4) is 11.5 Å². The molecule has 0 radical (unpaired) electrons. The summed E-state index contributed by atoms with van der Waals surface area (Å²) >= 11 is 0. The maximum Gasteiger partial charge on any atom is 0.217 e. The van der Waals surface area contributed by atoms with Gasteiger partial charge >= 0.3 is 0 Å². The van der Waals surface area contributed by atoms with E-state index in [1.54, 1.807) is 0 Å². The highest BCUT2D eigenvalue weighted by atomic mass is 19.1. The Kier molecular flexibility index (Phi) is 9.18. The van der Waals surface area contributed by atoms with Crippen molar-refractivity contribution in [2.75, 3.05) is 6.54 Å². The van der Waals surface area contributed by atoms with Gasteiger partial charge in [0.15, 0.2) is 0 Å². The van der Waals surface area contributed by atoms with Gasteiger partial charge in [0.05, 0.1) is 12.1 Å². The average molecular weight is 519 g/mol. The third kappa shape index (κ3) is 8.40. The van der Waals surface area contributed by atoms with Crippen LogP contribution >= 0.6 is 0 Å². The number of aliphatic hydroxyl groups excluding tert-OH is 1. The molecule has 1 aliphatic rings. The molecule has 0 saturated heterocycles. The highest BCUT2D eigenvalue weighted by molar-refractivity contribution is 5.73. The fourth-order valence-corrected chi connectivity index (χ4v) is 4.95. The molecule has 3 N–H and O–H groups in total. The number of carbonyl (C=O) groups excluding carboxylic acids is 1. The van der Waals surface area contributed by atoms with E-state index in [0.29, 0.717) is 12.0 Å². The summed E-state index contributed by atoms with van der Waals surface area (Å²) in [6.45, 7) is 11.7. The van der Waals surface area contributed by atoms with Crippen molar-refractivity contribution < 1.29 is 28.2 Å². The topological polar surface area (TPSA) is 79.8 Å². The van der Waals surface area contributed by atoms with Gasteiger partial charge in [0.1, 0.15) is 34.3 Å². The highest BCUT2D eigenvalue weighted by Crippen LogP contribution is 2.43. The molecule has 2 aromatic carbocycles. The number of amides is 1. The zero-order valence-electron chi connectivity index (χ0n) is 22.7. The Morgan fingerprint density at radius 2 is 1.89 bits per heavy atom. The normalized spacial score (nSPS) is 20.9. The van der Waals surface area contributed by atoms with Gasteiger partial charge in [-0.25, -0.2) is 8.78 Å². The third-order valence-corrected chi connectivity index (χ3v) is 6.36.